The predicted molar refractivity (Wildman–Crippen MR) is 118 cm³/mol. The van der Waals surface area contributed by atoms with Crippen molar-refractivity contribution in [3.05, 3.63) is 76.8 Å². The molecule has 0 radical (unpaired) electrons. The number of ether oxygens (including phenoxy) is 1. The monoisotopic (exact) mass is 422 g/mol. The molecule has 0 atom stereocenters. The number of rotatable bonds is 3. The molecule has 1 aliphatic heterocycles. The summed E-state index contributed by atoms with van der Waals surface area (Å²) in [4.78, 5) is 7.02. The molecule has 1 N–H and O–H groups in total. The molecule has 4 nitrogen and oxygen atoms in total. The van der Waals surface area contributed by atoms with E-state index in [1.165, 1.54) is 0 Å². The molecule has 0 bridgehead atoms. The van der Waals surface area contributed by atoms with Crippen LogP contribution < -0.4 is 4.74 Å². The Labute approximate surface area is 178 Å². The van der Waals surface area contributed by atoms with Crippen molar-refractivity contribution in [2.45, 2.75) is 13.1 Å². The molecule has 0 saturated carbocycles. The first-order valence-corrected chi connectivity index (χ1v) is 10.7. The first-order valence-electron chi connectivity index (χ1n) is 9.48. The molecule has 0 saturated heterocycles. The first-order chi connectivity index (χ1) is 14.2. The number of aromatic hydroxyl groups is 1. The summed E-state index contributed by atoms with van der Waals surface area (Å²) in [5.41, 5.74) is 3.93. The number of phenols is 1. The highest BCUT2D eigenvalue weighted by atomic mass is 35.5. The van der Waals surface area contributed by atoms with E-state index in [1.54, 1.807) is 17.4 Å². The zero-order valence-electron chi connectivity index (χ0n) is 15.6. The van der Waals surface area contributed by atoms with E-state index in [0.717, 1.165) is 50.0 Å². The van der Waals surface area contributed by atoms with E-state index in [9.17, 15) is 5.11 Å². The standard InChI is InChI=1S/C23H19ClN2O2S/c24-18-6-2-1-5-15(18)13-26-9-10-28-22-17(14-26)11-16(12-20(22)27)23-25-19-7-3-4-8-21(19)29-23/h1-8,11-12,27H,9-10,13-14H2. The van der Waals surface area contributed by atoms with Gasteiger partial charge in [-0.15, -0.1) is 11.3 Å². The average molecular weight is 423 g/mol. The van der Waals surface area contributed by atoms with E-state index in [0.29, 0.717) is 18.9 Å². The van der Waals surface area contributed by atoms with Crippen molar-refractivity contribution in [2.24, 2.45) is 0 Å². The number of benzene rings is 3. The molecule has 0 aliphatic carbocycles. The Balaban J connectivity index is 1.49. The summed E-state index contributed by atoms with van der Waals surface area (Å²) in [5.74, 6) is 0.730. The summed E-state index contributed by atoms with van der Waals surface area (Å²) < 4.78 is 7.02. The van der Waals surface area contributed by atoms with Crippen molar-refractivity contribution in [3.8, 4) is 22.1 Å². The molecule has 6 heteroatoms. The van der Waals surface area contributed by atoms with Crippen LogP contribution in [0.5, 0.6) is 11.5 Å². The maximum absolute atomic E-state index is 10.6. The van der Waals surface area contributed by atoms with Crippen LogP contribution in [0.15, 0.2) is 60.7 Å². The minimum Gasteiger partial charge on any atom is -0.504 e. The maximum atomic E-state index is 10.6. The number of hydrogen-bond acceptors (Lipinski definition) is 5. The second kappa shape index (κ2) is 7.67. The summed E-state index contributed by atoms with van der Waals surface area (Å²) in [6.07, 6.45) is 0. The fourth-order valence-electron chi connectivity index (χ4n) is 3.67. The quantitative estimate of drug-likeness (QED) is 0.458. The summed E-state index contributed by atoms with van der Waals surface area (Å²) in [5, 5.41) is 12.3. The van der Waals surface area contributed by atoms with Crippen molar-refractivity contribution < 1.29 is 9.84 Å². The zero-order valence-corrected chi connectivity index (χ0v) is 17.2. The number of aromatic nitrogens is 1. The fourth-order valence-corrected chi connectivity index (χ4v) is 4.82. The predicted octanol–water partition coefficient (Wildman–Crippen LogP) is 5.72. The Morgan fingerprint density at radius 2 is 1.93 bits per heavy atom. The molecule has 29 heavy (non-hydrogen) atoms. The van der Waals surface area contributed by atoms with Crippen LogP contribution >= 0.6 is 22.9 Å². The van der Waals surface area contributed by atoms with Crippen molar-refractivity contribution in [1.29, 1.82) is 0 Å². The van der Waals surface area contributed by atoms with Gasteiger partial charge in [0.25, 0.3) is 0 Å². The van der Waals surface area contributed by atoms with E-state index >= 15 is 0 Å². The van der Waals surface area contributed by atoms with Crippen LogP contribution in [0.2, 0.25) is 5.02 Å². The Morgan fingerprint density at radius 3 is 2.79 bits per heavy atom. The second-order valence-electron chi connectivity index (χ2n) is 7.12. The van der Waals surface area contributed by atoms with E-state index < -0.39 is 0 Å². The van der Waals surface area contributed by atoms with Crippen LogP contribution in [0.1, 0.15) is 11.1 Å². The second-order valence-corrected chi connectivity index (χ2v) is 8.56. The van der Waals surface area contributed by atoms with E-state index in [4.69, 9.17) is 21.3 Å². The highest BCUT2D eigenvalue weighted by Crippen LogP contribution is 2.39. The molecule has 0 amide bonds. The first kappa shape index (κ1) is 18.4. The summed E-state index contributed by atoms with van der Waals surface area (Å²) >= 11 is 7.98. The molecule has 1 aromatic heterocycles. The highest BCUT2D eigenvalue weighted by molar-refractivity contribution is 7.21. The number of hydrogen-bond donors (Lipinski definition) is 1. The number of para-hydroxylation sites is 1. The molecule has 0 spiro atoms. The Morgan fingerprint density at radius 1 is 1.10 bits per heavy atom. The summed E-state index contributed by atoms with van der Waals surface area (Å²) in [6, 6.07) is 19.8. The van der Waals surface area contributed by atoms with Gasteiger partial charge in [-0.05, 0) is 35.9 Å². The Kier molecular flexibility index (Phi) is 4.87. The van der Waals surface area contributed by atoms with E-state index in [1.807, 2.05) is 42.5 Å². The lowest BCUT2D eigenvalue weighted by molar-refractivity contribution is 0.217. The minimum absolute atomic E-state index is 0.163. The van der Waals surface area contributed by atoms with Crippen molar-refractivity contribution >= 4 is 33.2 Å². The van der Waals surface area contributed by atoms with Crippen molar-refractivity contribution in [1.82, 2.24) is 9.88 Å². The number of nitrogens with zero attached hydrogens (tertiary/aromatic N) is 2. The number of halogens is 1. The Bertz CT molecular complexity index is 1160. The third kappa shape index (κ3) is 3.69. The van der Waals surface area contributed by atoms with Crippen LogP contribution in [-0.4, -0.2) is 28.1 Å². The normalized spacial score (nSPS) is 14.4. The van der Waals surface area contributed by atoms with Crippen molar-refractivity contribution in [2.75, 3.05) is 13.2 Å². The van der Waals surface area contributed by atoms with Gasteiger partial charge in [-0.3, -0.25) is 4.90 Å². The highest BCUT2D eigenvalue weighted by Gasteiger charge is 2.21. The van der Waals surface area contributed by atoms with Crippen LogP contribution in [0.4, 0.5) is 0 Å². The van der Waals surface area contributed by atoms with Gasteiger partial charge in [0.05, 0.1) is 10.2 Å². The van der Waals surface area contributed by atoms with Gasteiger partial charge < -0.3 is 9.84 Å². The number of fused-ring (bicyclic) bond motifs is 2. The lowest BCUT2D eigenvalue weighted by Gasteiger charge is -2.20. The molecular formula is C23H19ClN2O2S. The fraction of sp³-hybridized carbons (Fsp3) is 0.174. The minimum atomic E-state index is 0.163. The largest absolute Gasteiger partial charge is 0.504 e. The molecule has 1 aliphatic rings. The van der Waals surface area contributed by atoms with Gasteiger partial charge in [0, 0.05) is 35.8 Å². The van der Waals surface area contributed by atoms with Crippen LogP contribution in [0.3, 0.4) is 0 Å². The number of thiazole rings is 1. The van der Waals surface area contributed by atoms with Crippen LogP contribution in [0, 0.1) is 0 Å². The molecule has 4 aromatic rings. The topological polar surface area (TPSA) is 45.6 Å². The smallest absolute Gasteiger partial charge is 0.165 e. The summed E-state index contributed by atoms with van der Waals surface area (Å²) in [7, 11) is 0. The lowest BCUT2D eigenvalue weighted by Crippen LogP contribution is -2.25. The third-order valence-corrected chi connectivity index (χ3v) is 6.54. The van der Waals surface area contributed by atoms with Crippen LogP contribution in [-0.2, 0) is 13.1 Å². The van der Waals surface area contributed by atoms with Gasteiger partial charge in [-0.1, -0.05) is 41.9 Å². The van der Waals surface area contributed by atoms with Gasteiger partial charge >= 0.3 is 0 Å². The number of phenolic OH excluding ortho intramolecular Hbond substituents is 1. The zero-order chi connectivity index (χ0) is 19.8. The Hall–Kier alpha value is -2.60. The van der Waals surface area contributed by atoms with Gasteiger partial charge in [0.15, 0.2) is 11.5 Å². The molecule has 5 rings (SSSR count). The average Bonchev–Trinajstić information content (AvgIpc) is 3.05. The molecule has 146 valence electrons. The molecular weight excluding hydrogens is 404 g/mol. The van der Waals surface area contributed by atoms with Crippen molar-refractivity contribution in [3.63, 3.8) is 0 Å². The molecule has 0 unspecified atom stereocenters. The van der Waals surface area contributed by atoms with Gasteiger partial charge in [-0.25, -0.2) is 4.98 Å². The van der Waals surface area contributed by atoms with Gasteiger partial charge in [0.1, 0.15) is 11.6 Å². The molecule has 2 heterocycles. The maximum Gasteiger partial charge on any atom is 0.165 e. The van der Waals surface area contributed by atoms with E-state index in [-0.39, 0.29) is 5.75 Å². The van der Waals surface area contributed by atoms with Gasteiger partial charge in [0.2, 0.25) is 0 Å². The molecule has 0 fully saturated rings. The van der Waals surface area contributed by atoms with Crippen LogP contribution in [0.25, 0.3) is 20.8 Å². The van der Waals surface area contributed by atoms with Gasteiger partial charge in [-0.2, -0.15) is 0 Å². The molecule has 3 aromatic carbocycles. The lowest BCUT2D eigenvalue weighted by atomic mass is 10.1. The van der Waals surface area contributed by atoms with E-state index in [2.05, 4.69) is 17.0 Å². The SMILES string of the molecule is Oc1cc(-c2nc3ccccc3s2)cc2c1OCCN(Cc1ccccc1Cl)C2. The third-order valence-electron chi connectivity index (χ3n) is 5.09. The summed E-state index contributed by atoms with van der Waals surface area (Å²) in [6.45, 7) is 2.68.